The SMILES string of the molecule is CCCCCCCCn1c2ccc(Br)cc2c2cc(-c3ccc4c(c3)c3cc(Br)ccc3n4CCCCCCCC)ccc21. The average molecular weight is 715 g/mol. The van der Waals surface area contributed by atoms with Crippen molar-refractivity contribution in [1.29, 1.82) is 0 Å². The van der Waals surface area contributed by atoms with E-state index in [1.165, 1.54) is 132 Å². The molecule has 44 heavy (non-hydrogen) atoms. The van der Waals surface area contributed by atoms with Crippen LogP contribution < -0.4 is 0 Å². The summed E-state index contributed by atoms with van der Waals surface area (Å²) in [5.41, 5.74) is 7.93. The van der Waals surface area contributed by atoms with E-state index in [0.29, 0.717) is 0 Å². The number of benzene rings is 4. The van der Waals surface area contributed by atoms with Crippen molar-refractivity contribution in [3.05, 3.63) is 81.7 Å². The molecule has 230 valence electrons. The van der Waals surface area contributed by atoms with Crippen molar-refractivity contribution in [1.82, 2.24) is 9.13 Å². The van der Waals surface area contributed by atoms with Gasteiger partial charge in [0.2, 0.25) is 0 Å². The Labute approximate surface area is 280 Å². The van der Waals surface area contributed by atoms with Gasteiger partial charge in [0, 0.05) is 65.6 Å². The molecule has 0 atom stereocenters. The molecule has 0 N–H and O–H groups in total. The minimum atomic E-state index is 1.08. The average Bonchev–Trinajstić information content (AvgIpc) is 3.51. The van der Waals surface area contributed by atoms with Crippen LogP contribution in [-0.4, -0.2) is 9.13 Å². The first-order valence-corrected chi connectivity index (χ1v) is 18.6. The number of nitrogens with zero attached hydrogens (tertiary/aromatic N) is 2. The summed E-state index contributed by atoms with van der Waals surface area (Å²) in [6.07, 6.45) is 15.8. The molecule has 0 fully saturated rings. The van der Waals surface area contributed by atoms with Gasteiger partial charge in [-0.1, -0.05) is 122 Å². The lowest BCUT2D eigenvalue weighted by Crippen LogP contribution is -1.98. The van der Waals surface area contributed by atoms with Crippen molar-refractivity contribution in [2.75, 3.05) is 0 Å². The molecule has 2 nitrogen and oxygen atoms in total. The van der Waals surface area contributed by atoms with Crippen LogP contribution >= 0.6 is 31.9 Å². The summed E-state index contributed by atoms with van der Waals surface area (Å²) in [6, 6.07) is 27.8. The summed E-state index contributed by atoms with van der Waals surface area (Å²) in [5.74, 6) is 0. The molecule has 0 aliphatic heterocycles. The molecule has 4 heteroatoms. The highest BCUT2D eigenvalue weighted by Crippen LogP contribution is 2.38. The van der Waals surface area contributed by atoms with E-state index in [1.807, 2.05) is 0 Å². The van der Waals surface area contributed by atoms with Gasteiger partial charge in [-0.05, 0) is 84.6 Å². The molecule has 4 aromatic carbocycles. The fourth-order valence-electron chi connectivity index (χ4n) is 7.09. The molecular weight excluding hydrogens is 668 g/mol. The van der Waals surface area contributed by atoms with Crippen molar-refractivity contribution in [2.24, 2.45) is 0 Å². The first-order valence-electron chi connectivity index (χ1n) is 17.0. The number of unbranched alkanes of at least 4 members (excludes halogenated alkanes) is 10. The monoisotopic (exact) mass is 712 g/mol. The number of fused-ring (bicyclic) bond motifs is 6. The van der Waals surface area contributed by atoms with Crippen LogP contribution in [0.1, 0.15) is 90.9 Å². The predicted octanol–water partition coefficient (Wildman–Crippen LogP) is 13.8. The third kappa shape index (κ3) is 6.67. The summed E-state index contributed by atoms with van der Waals surface area (Å²) in [6.45, 7) is 6.73. The maximum atomic E-state index is 3.75. The van der Waals surface area contributed by atoms with Crippen LogP contribution in [0.25, 0.3) is 54.7 Å². The van der Waals surface area contributed by atoms with Crippen LogP contribution in [0.4, 0.5) is 0 Å². The van der Waals surface area contributed by atoms with Crippen LogP contribution in [0.2, 0.25) is 0 Å². The van der Waals surface area contributed by atoms with Crippen molar-refractivity contribution >= 4 is 75.5 Å². The van der Waals surface area contributed by atoms with Crippen molar-refractivity contribution in [2.45, 2.75) is 104 Å². The first kappa shape index (κ1) is 31.4. The maximum Gasteiger partial charge on any atom is 0.0492 e. The van der Waals surface area contributed by atoms with Gasteiger partial charge in [0.05, 0.1) is 0 Å². The fourth-order valence-corrected chi connectivity index (χ4v) is 7.82. The third-order valence-electron chi connectivity index (χ3n) is 9.46. The van der Waals surface area contributed by atoms with E-state index in [0.717, 1.165) is 22.0 Å². The Morgan fingerprint density at radius 1 is 0.409 bits per heavy atom. The van der Waals surface area contributed by atoms with Crippen molar-refractivity contribution < 1.29 is 0 Å². The summed E-state index contributed by atoms with van der Waals surface area (Å²) < 4.78 is 7.38. The number of aromatic nitrogens is 2. The lowest BCUT2D eigenvalue weighted by atomic mass is 10.0. The predicted molar refractivity (Wildman–Crippen MR) is 200 cm³/mol. The summed E-state index contributed by atoms with van der Waals surface area (Å²) in [5, 5.41) is 5.36. The van der Waals surface area contributed by atoms with E-state index >= 15 is 0 Å². The fraction of sp³-hybridized carbons (Fsp3) is 0.400. The Morgan fingerprint density at radius 2 is 0.750 bits per heavy atom. The zero-order chi connectivity index (χ0) is 30.5. The van der Waals surface area contributed by atoms with Gasteiger partial charge < -0.3 is 9.13 Å². The second-order valence-electron chi connectivity index (χ2n) is 12.6. The van der Waals surface area contributed by atoms with E-state index in [4.69, 9.17) is 0 Å². The van der Waals surface area contributed by atoms with Gasteiger partial charge >= 0.3 is 0 Å². The molecule has 6 aromatic rings. The highest BCUT2D eigenvalue weighted by molar-refractivity contribution is 9.10. The Hall–Kier alpha value is -2.56. The molecule has 0 bridgehead atoms. The lowest BCUT2D eigenvalue weighted by Gasteiger charge is -2.09. The van der Waals surface area contributed by atoms with Gasteiger partial charge in [0.1, 0.15) is 0 Å². The zero-order valence-corrected chi connectivity index (χ0v) is 29.7. The number of hydrogen-bond donors (Lipinski definition) is 0. The van der Waals surface area contributed by atoms with Crippen LogP contribution in [0.5, 0.6) is 0 Å². The molecule has 0 unspecified atom stereocenters. The molecule has 0 saturated carbocycles. The van der Waals surface area contributed by atoms with Gasteiger partial charge in [-0.2, -0.15) is 0 Å². The van der Waals surface area contributed by atoms with Crippen LogP contribution in [0, 0.1) is 0 Å². The van der Waals surface area contributed by atoms with Crippen molar-refractivity contribution in [3.8, 4) is 11.1 Å². The molecule has 2 aromatic heterocycles. The van der Waals surface area contributed by atoms with Gasteiger partial charge in [-0.15, -0.1) is 0 Å². The number of rotatable bonds is 15. The molecule has 0 spiro atoms. The van der Waals surface area contributed by atoms with Crippen molar-refractivity contribution in [3.63, 3.8) is 0 Å². The van der Waals surface area contributed by atoms with Crippen LogP contribution in [0.3, 0.4) is 0 Å². The highest BCUT2D eigenvalue weighted by atomic mass is 79.9. The van der Waals surface area contributed by atoms with E-state index in [2.05, 4.69) is 128 Å². The Bertz CT molecular complexity index is 1740. The van der Waals surface area contributed by atoms with Gasteiger partial charge in [0.25, 0.3) is 0 Å². The normalized spacial score (nSPS) is 12.0. The second kappa shape index (κ2) is 14.7. The zero-order valence-electron chi connectivity index (χ0n) is 26.5. The second-order valence-corrected chi connectivity index (χ2v) is 14.5. The minimum Gasteiger partial charge on any atom is -0.340 e. The Kier molecular flexibility index (Phi) is 10.5. The topological polar surface area (TPSA) is 9.86 Å². The standard InChI is InChI=1S/C40H46Br2N2/c1-3-5-7-9-11-13-23-43-37-19-15-29(25-33(37)35-27-31(41)17-21-39(35)43)30-16-20-38-34(26-30)36-28-32(42)18-22-40(36)44(38)24-14-12-10-8-6-4-2/h15-22,25-28H,3-14,23-24H2,1-2H3. The molecule has 0 radical (unpaired) electrons. The van der Waals surface area contributed by atoms with Gasteiger partial charge in [0.15, 0.2) is 0 Å². The van der Waals surface area contributed by atoms with E-state index in [-0.39, 0.29) is 0 Å². The largest absolute Gasteiger partial charge is 0.340 e. The number of aryl methyl sites for hydroxylation is 2. The minimum absolute atomic E-state index is 1.08. The molecule has 6 rings (SSSR count). The van der Waals surface area contributed by atoms with Gasteiger partial charge in [-0.25, -0.2) is 0 Å². The molecule has 0 amide bonds. The molecule has 2 heterocycles. The third-order valence-corrected chi connectivity index (χ3v) is 10.4. The maximum absolute atomic E-state index is 3.75. The smallest absolute Gasteiger partial charge is 0.0492 e. The van der Waals surface area contributed by atoms with E-state index < -0.39 is 0 Å². The first-order chi connectivity index (χ1) is 21.6. The van der Waals surface area contributed by atoms with Crippen LogP contribution in [0.15, 0.2) is 81.7 Å². The summed E-state index contributed by atoms with van der Waals surface area (Å²) >= 11 is 7.51. The van der Waals surface area contributed by atoms with Gasteiger partial charge in [-0.3, -0.25) is 0 Å². The van der Waals surface area contributed by atoms with Crippen LogP contribution in [-0.2, 0) is 13.1 Å². The molecule has 0 aliphatic carbocycles. The van der Waals surface area contributed by atoms with E-state index in [9.17, 15) is 0 Å². The number of hydrogen-bond acceptors (Lipinski definition) is 0. The molecule has 0 saturated heterocycles. The molecular formula is C40H46Br2N2. The quantitative estimate of drug-likeness (QED) is 0.0938. The Balaban J connectivity index is 1.34. The number of halogens is 2. The Morgan fingerprint density at radius 3 is 1.16 bits per heavy atom. The summed E-state index contributed by atoms with van der Waals surface area (Å²) in [4.78, 5) is 0. The highest BCUT2D eigenvalue weighted by Gasteiger charge is 2.15. The lowest BCUT2D eigenvalue weighted by molar-refractivity contribution is 0.571. The van der Waals surface area contributed by atoms with E-state index in [1.54, 1.807) is 0 Å². The summed E-state index contributed by atoms with van der Waals surface area (Å²) in [7, 11) is 0. The molecule has 0 aliphatic rings.